The smallest absolute Gasteiger partial charge is 0.473 e. The molecule has 0 aliphatic heterocycles. The fourth-order valence-electron chi connectivity index (χ4n) is 1.58. The number of halogens is 6. The van der Waals surface area contributed by atoms with Gasteiger partial charge in [-0.25, -0.2) is 4.98 Å². The number of nitrogens with zero attached hydrogens (tertiary/aromatic N) is 1. The van der Waals surface area contributed by atoms with Crippen LogP contribution in [-0.4, -0.2) is 11.3 Å². The van der Waals surface area contributed by atoms with Gasteiger partial charge in [-0.1, -0.05) is 12.1 Å². The number of hydrogen-bond donors (Lipinski definition) is 0. The molecule has 1 aromatic carbocycles. The fraction of sp³-hybridized carbons (Fsp3) is 0.214. The van der Waals surface area contributed by atoms with Crippen LogP contribution in [0.4, 0.5) is 26.3 Å². The predicted molar refractivity (Wildman–Crippen MR) is 66.7 cm³/mol. The Morgan fingerprint density at radius 2 is 1.52 bits per heavy atom. The molecule has 0 saturated heterocycles. The van der Waals surface area contributed by atoms with Crippen molar-refractivity contribution in [3.63, 3.8) is 0 Å². The second-order valence-electron chi connectivity index (χ2n) is 4.36. The molecule has 0 aliphatic rings. The first-order chi connectivity index (χ1) is 10.6. The van der Waals surface area contributed by atoms with Crippen LogP contribution in [0.15, 0.2) is 42.6 Å². The second-order valence-corrected chi connectivity index (χ2v) is 4.36. The summed E-state index contributed by atoms with van der Waals surface area (Å²) in [4.78, 5) is 3.51. The van der Waals surface area contributed by atoms with Crippen molar-refractivity contribution in [3.8, 4) is 11.6 Å². The van der Waals surface area contributed by atoms with Crippen molar-refractivity contribution >= 4 is 0 Å². The third-order valence-electron chi connectivity index (χ3n) is 2.61. The summed E-state index contributed by atoms with van der Waals surface area (Å²) in [7, 11) is 0. The molecule has 0 radical (unpaired) electrons. The van der Waals surface area contributed by atoms with Crippen LogP contribution in [0.5, 0.6) is 11.6 Å². The summed E-state index contributed by atoms with van der Waals surface area (Å²) in [5.74, 6) is -0.414. The summed E-state index contributed by atoms with van der Waals surface area (Å²) in [6, 6.07) is 6.77. The van der Waals surface area contributed by atoms with Crippen LogP contribution < -0.4 is 9.47 Å². The van der Waals surface area contributed by atoms with Crippen LogP contribution in [0.3, 0.4) is 0 Å². The summed E-state index contributed by atoms with van der Waals surface area (Å²) in [5, 5.41) is 0. The maximum absolute atomic E-state index is 12.4. The molecule has 0 saturated carbocycles. The van der Waals surface area contributed by atoms with E-state index in [1.165, 1.54) is 12.1 Å². The molecule has 2 rings (SSSR count). The van der Waals surface area contributed by atoms with Gasteiger partial charge in [0.25, 0.3) is 0 Å². The average Bonchev–Trinajstić information content (AvgIpc) is 2.44. The average molecular weight is 337 g/mol. The molecule has 0 aliphatic carbocycles. The SMILES string of the molecule is FC(F)(F)Oc1ccc(COc2ccc(C(F)(F)F)cn2)cc1. The van der Waals surface area contributed by atoms with Gasteiger partial charge in [0.15, 0.2) is 0 Å². The van der Waals surface area contributed by atoms with Gasteiger partial charge in [0.2, 0.25) is 5.88 Å². The maximum Gasteiger partial charge on any atom is 0.573 e. The summed E-state index contributed by atoms with van der Waals surface area (Å²) in [6.45, 7) is -0.0648. The molecule has 124 valence electrons. The highest BCUT2D eigenvalue weighted by atomic mass is 19.4. The topological polar surface area (TPSA) is 31.4 Å². The summed E-state index contributed by atoms with van der Waals surface area (Å²) >= 11 is 0. The van der Waals surface area contributed by atoms with E-state index in [2.05, 4.69) is 9.72 Å². The molecule has 0 bridgehead atoms. The molecule has 3 nitrogen and oxygen atoms in total. The highest BCUT2D eigenvalue weighted by Crippen LogP contribution is 2.29. The van der Waals surface area contributed by atoms with Gasteiger partial charge < -0.3 is 9.47 Å². The van der Waals surface area contributed by atoms with Gasteiger partial charge in [0.1, 0.15) is 12.4 Å². The van der Waals surface area contributed by atoms with Crippen molar-refractivity contribution in [2.45, 2.75) is 19.1 Å². The first-order valence-corrected chi connectivity index (χ1v) is 6.14. The van der Waals surface area contributed by atoms with Crippen molar-refractivity contribution in [3.05, 3.63) is 53.7 Å². The lowest BCUT2D eigenvalue weighted by molar-refractivity contribution is -0.274. The van der Waals surface area contributed by atoms with Gasteiger partial charge in [-0.05, 0) is 23.8 Å². The molecule has 1 heterocycles. The number of alkyl halides is 6. The van der Waals surface area contributed by atoms with Gasteiger partial charge >= 0.3 is 12.5 Å². The Hall–Kier alpha value is -2.45. The Morgan fingerprint density at radius 3 is 2.00 bits per heavy atom. The number of benzene rings is 1. The van der Waals surface area contributed by atoms with E-state index < -0.39 is 18.1 Å². The van der Waals surface area contributed by atoms with Crippen LogP contribution in [-0.2, 0) is 12.8 Å². The molecule has 0 N–H and O–H groups in total. The zero-order valence-electron chi connectivity index (χ0n) is 11.3. The third-order valence-corrected chi connectivity index (χ3v) is 2.61. The maximum atomic E-state index is 12.4. The monoisotopic (exact) mass is 337 g/mol. The standard InChI is InChI=1S/C14H9F6NO2/c15-13(16,17)10-3-6-12(21-7-10)22-8-9-1-4-11(5-2-9)23-14(18,19)20/h1-7H,8H2. The van der Waals surface area contributed by atoms with E-state index in [-0.39, 0.29) is 18.2 Å². The Balaban J connectivity index is 1.93. The minimum absolute atomic E-state index is 0.0337. The van der Waals surface area contributed by atoms with Gasteiger partial charge in [0.05, 0.1) is 5.56 Å². The van der Waals surface area contributed by atoms with Gasteiger partial charge in [-0.15, -0.1) is 13.2 Å². The molecule has 2 aromatic rings. The van der Waals surface area contributed by atoms with Crippen LogP contribution in [0.2, 0.25) is 0 Å². The van der Waals surface area contributed by atoms with Gasteiger partial charge in [-0.3, -0.25) is 0 Å². The molecule has 0 amide bonds. The Bertz CT molecular complexity index is 634. The van der Waals surface area contributed by atoms with E-state index in [1.54, 1.807) is 0 Å². The molecule has 9 heteroatoms. The van der Waals surface area contributed by atoms with Crippen molar-refractivity contribution in [1.29, 1.82) is 0 Å². The summed E-state index contributed by atoms with van der Waals surface area (Å²) in [6.07, 6.45) is -8.63. The molecular weight excluding hydrogens is 328 g/mol. The Morgan fingerprint density at radius 1 is 0.870 bits per heavy atom. The molecular formula is C14H9F6NO2. The van der Waals surface area contributed by atoms with E-state index in [1.807, 2.05) is 0 Å². The lowest BCUT2D eigenvalue weighted by Crippen LogP contribution is -2.17. The van der Waals surface area contributed by atoms with E-state index in [9.17, 15) is 26.3 Å². The van der Waals surface area contributed by atoms with Crippen LogP contribution >= 0.6 is 0 Å². The first kappa shape index (κ1) is 16.9. The molecule has 0 fully saturated rings. The van der Waals surface area contributed by atoms with Crippen molar-refractivity contribution in [2.75, 3.05) is 0 Å². The van der Waals surface area contributed by atoms with Crippen LogP contribution in [0, 0.1) is 0 Å². The quantitative estimate of drug-likeness (QED) is 0.766. The normalized spacial score (nSPS) is 12.1. The van der Waals surface area contributed by atoms with E-state index in [0.29, 0.717) is 11.8 Å². The third kappa shape index (κ3) is 5.35. The van der Waals surface area contributed by atoms with Crippen molar-refractivity contribution < 1.29 is 35.8 Å². The van der Waals surface area contributed by atoms with E-state index in [0.717, 1.165) is 24.3 Å². The van der Waals surface area contributed by atoms with Crippen LogP contribution in [0.25, 0.3) is 0 Å². The van der Waals surface area contributed by atoms with Gasteiger partial charge in [0, 0.05) is 12.3 Å². The zero-order valence-corrected chi connectivity index (χ0v) is 11.3. The minimum Gasteiger partial charge on any atom is -0.473 e. The number of aromatic nitrogens is 1. The highest BCUT2D eigenvalue weighted by molar-refractivity contribution is 5.27. The summed E-state index contributed by atoms with van der Waals surface area (Å²) < 4.78 is 81.9. The highest BCUT2D eigenvalue weighted by Gasteiger charge is 2.31. The van der Waals surface area contributed by atoms with Crippen LogP contribution in [0.1, 0.15) is 11.1 Å². The number of hydrogen-bond acceptors (Lipinski definition) is 3. The molecule has 23 heavy (non-hydrogen) atoms. The lowest BCUT2D eigenvalue weighted by Gasteiger charge is -2.10. The van der Waals surface area contributed by atoms with Crippen molar-refractivity contribution in [1.82, 2.24) is 4.98 Å². The van der Waals surface area contributed by atoms with E-state index >= 15 is 0 Å². The predicted octanol–water partition coefficient (Wildman–Crippen LogP) is 4.58. The number of ether oxygens (including phenoxy) is 2. The lowest BCUT2D eigenvalue weighted by atomic mass is 10.2. The second kappa shape index (κ2) is 6.35. The number of rotatable bonds is 4. The molecule has 0 unspecified atom stereocenters. The number of pyridine rings is 1. The first-order valence-electron chi connectivity index (χ1n) is 6.14. The minimum atomic E-state index is -4.78. The summed E-state index contributed by atoms with van der Waals surface area (Å²) in [5.41, 5.74) is -0.403. The van der Waals surface area contributed by atoms with Crippen molar-refractivity contribution in [2.24, 2.45) is 0 Å². The molecule has 1 aromatic heterocycles. The zero-order chi connectivity index (χ0) is 17.1. The Labute approximate surface area is 126 Å². The van der Waals surface area contributed by atoms with E-state index in [4.69, 9.17) is 4.74 Å². The Kier molecular flexibility index (Phi) is 4.67. The molecule has 0 spiro atoms. The largest absolute Gasteiger partial charge is 0.573 e. The van der Waals surface area contributed by atoms with Gasteiger partial charge in [-0.2, -0.15) is 13.2 Å². The molecule has 0 atom stereocenters. The fourth-order valence-corrected chi connectivity index (χ4v) is 1.58.